The normalized spacial score (nSPS) is 10.2. The van der Waals surface area contributed by atoms with Gasteiger partial charge in [-0.2, -0.15) is 0 Å². The van der Waals surface area contributed by atoms with Crippen LogP contribution in [0.1, 0.15) is 26.4 Å². The minimum Gasteiger partial charge on any atom is -0.478 e. The molecule has 2 N–H and O–H groups in total. The molecule has 0 saturated carbocycles. The summed E-state index contributed by atoms with van der Waals surface area (Å²) in [5.41, 5.74) is 1.21. The number of carbonyl (C=O) groups is 2. The van der Waals surface area contributed by atoms with Crippen molar-refractivity contribution >= 4 is 40.8 Å². The summed E-state index contributed by atoms with van der Waals surface area (Å²) in [5.74, 6) is -1.56. The smallest absolute Gasteiger partial charge is 0.335 e. The Morgan fingerprint density at radius 3 is 2.29 bits per heavy atom. The first-order chi connectivity index (χ1) is 9.88. The number of aryl methyl sites for hydroxylation is 1. The number of nitrogens with one attached hydrogen (secondary N) is 1. The molecule has 0 bridgehead atoms. The maximum atomic E-state index is 12.1. The molecule has 0 saturated heterocycles. The minimum absolute atomic E-state index is 0.0530. The Kier molecular flexibility index (Phi) is 4.45. The van der Waals surface area contributed by atoms with E-state index in [9.17, 15) is 9.59 Å². The molecule has 0 spiro atoms. The van der Waals surface area contributed by atoms with E-state index in [4.69, 9.17) is 28.3 Å². The van der Waals surface area contributed by atoms with Gasteiger partial charge in [0.25, 0.3) is 5.91 Å². The van der Waals surface area contributed by atoms with E-state index < -0.39 is 11.9 Å². The zero-order valence-corrected chi connectivity index (χ0v) is 12.4. The van der Waals surface area contributed by atoms with Crippen molar-refractivity contribution < 1.29 is 14.7 Å². The Morgan fingerprint density at radius 2 is 1.76 bits per heavy atom. The highest BCUT2D eigenvalue weighted by molar-refractivity contribution is 6.40. The van der Waals surface area contributed by atoms with Crippen molar-refractivity contribution in [3.8, 4) is 0 Å². The van der Waals surface area contributed by atoms with Crippen LogP contribution in [0.15, 0.2) is 30.5 Å². The van der Waals surface area contributed by atoms with Gasteiger partial charge in [-0.3, -0.25) is 9.78 Å². The summed E-state index contributed by atoms with van der Waals surface area (Å²) < 4.78 is 0. The monoisotopic (exact) mass is 324 g/mol. The van der Waals surface area contributed by atoms with Crippen LogP contribution < -0.4 is 5.32 Å². The summed E-state index contributed by atoms with van der Waals surface area (Å²) >= 11 is 11.9. The first-order valence-corrected chi connectivity index (χ1v) is 6.60. The summed E-state index contributed by atoms with van der Waals surface area (Å²) in [5, 5.41) is 11.6. The standard InChI is InChI=1S/C14H10Cl2N2O3/c1-7-4-8(2-3-17-7)13(19)18-12-10(15)5-9(14(20)21)6-11(12)16/h2-6H,1H3,(H,18,19)(H,20,21). The Hall–Kier alpha value is -2.11. The molecular formula is C14H10Cl2N2O3. The fourth-order valence-electron chi connectivity index (χ4n) is 1.69. The van der Waals surface area contributed by atoms with Crippen LogP contribution in [0.25, 0.3) is 0 Å². The number of rotatable bonds is 3. The van der Waals surface area contributed by atoms with Crippen LogP contribution in [0.4, 0.5) is 5.69 Å². The van der Waals surface area contributed by atoms with E-state index >= 15 is 0 Å². The lowest BCUT2D eigenvalue weighted by atomic mass is 10.2. The maximum absolute atomic E-state index is 12.1. The molecule has 108 valence electrons. The molecule has 0 atom stereocenters. The number of halogens is 2. The van der Waals surface area contributed by atoms with E-state index in [2.05, 4.69) is 10.3 Å². The summed E-state index contributed by atoms with van der Waals surface area (Å²) in [6.07, 6.45) is 1.51. The van der Waals surface area contributed by atoms with Gasteiger partial charge in [0.1, 0.15) is 0 Å². The van der Waals surface area contributed by atoms with Gasteiger partial charge in [-0.1, -0.05) is 23.2 Å². The number of anilines is 1. The average molecular weight is 325 g/mol. The molecule has 0 radical (unpaired) electrons. The molecule has 21 heavy (non-hydrogen) atoms. The van der Waals surface area contributed by atoms with Gasteiger partial charge >= 0.3 is 5.97 Å². The van der Waals surface area contributed by atoms with Gasteiger partial charge in [-0.05, 0) is 31.2 Å². The van der Waals surface area contributed by atoms with Crippen LogP contribution in [0, 0.1) is 6.92 Å². The number of nitrogens with zero attached hydrogens (tertiary/aromatic N) is 1. The molecule has 1 amide bonds. The van der Waals surface area contributed by atoms with Gasteiger partial charge in [0, 0.05) is 17.5 Å². The van der Waals surface area contributed by atoms with E-state index in [1.165, 1.54) is 18.3 Å². The number of benzene rings is 1. The molecule has 0 aliphatic carbocycles. The quantitative estimate of drug-likeness (QED) is 0.903. The van der Waals surface area contributed by atoms with Crippen LogP contribution in [0.5, 0.6) is 0 Å². The largest absolute Gasteiger partial charge is 0.478 e. The predicted molar refractivity (Wildman–Crippen MR) is 80.3 cm³/mol. The number of hydrogen-bond acceptors (Lipinski definition) is 3. The van der Waals surface area contributed by atoms with E-state index in [0.717, 1.165) is 0 Å². The first kappa shape index (κ1) is 15.3. The molecule has 5 nitrogen and oxygen atoms in total. The van der Waals surface area contributed by atoms with Crippen molar-refractivity contribution in [3.63, 3.8) is 0 Å². The molecule has 0 fully saturated rings. The second kappa shape index (κ2) is 6.11. The third-order valence-electron chi connectivity index (χ3n) is 2.69. The molecular weight excluding hydrogens is 315 g/mol. The number of aromatic nitrogens is 1. The summed E-state index contributed by atoms with van der Waals surface area (Å²) in [4.78, 5) is 27.0. The third kappa shape index (κ3) is 3.51. The van der Waals surface area contributed by atoms with Crippen LogP contribution >= 0.6 is 23.2 Å². The number of pyridine rings is 1. The highest BCUT2D eigenvalue weighted by Crippen LogP contribution is 2.32. The van der Waals surface area contributed by atoms with Gasteiger partial charge in [0.2, 0.25) is 0 Å². The van der Waals surface area contributed by atoms with Gasteiger partial charge in [0.15, 0.2) is 0 Å². The minimum atomic E-state index is -1.15. The van der Waals surface area contributed by atoms with E-state index in [0.29, 0.717) is 11.3 Å². The molecule has 2 rings (SSSR count). The maximum Gasteiger partial charge on any atom is 0.335 e. The molecule has 1 heterocycles. The van der Waals surface area contributed by atoms with Crippen LogP contribution in [-0.2, 0) is 0 Å². The van der Waals surface area contributed by atoms with Crippen molar-refractivity contribution in [2.24, 2.45) is 0 Å². The number of amides is 1. The molecule has 0 aliphatic heterocycles. The fourth-order valence-corrected chi connectivity index (χ4v) is 2.27. The van der Waals surface area contributed by atoms with Crippen molar-refractivity contribution in [2.45, 2.75) is 6.92 Å². The highest BCUT2D eigenvalue weighted by Gasteiger charge is 2.15. The average Bonchev–Trinajstić information content (AvgIpc) is 2.42. The van der Waals surface area contributed by atoms with Gasteiger partial charge in [-0.15, -0.1) is 0 Å². The fraction of sp³-hybridized carbons (Fsp3) is 0.0714. The Bertz CT molecular complexity index is 709. The number of carboxylic acid groups (broad SMARTS) is 1. The zero-order chi connectivity index (χ0) is 15.6. The first-order valence-electron chi connectivity index (χ1n) is 5.85. The summed E-state index contributed by atoms with van der Waals surface area (Å²) in [6.45, 7) is 1.76. The Morgan fingerprint density at radius 1 is 1.14 bits per heavy atom. The summed E-state index contributed by atoms with van der Waals surface area (Å²) in [6, 6.07) is 5.62. The predicted octanol–water partition coefficient (Wildman–Crippen LogP) is 3.65. The highest BCUT2D eigenvalue weighted by atomic mass is 35.5. The second-order valence-electron chi connectivity index (χ2n) is 4.26. The lowest BCUT2D eigenvalue weighted by Gasteiger charge is -2.10. The van der Waals surface area contributed by atoms with Crippen molar-refractivity contribution in [2.75, 3.05) is 5.32 Å². The molecule has 1 aromatic heterocycles. The van der Waals surface area contributed by atoms with Crippen molar-refractivity contribution in [1.82, 2.24) is 4.98 Å². The van der Waals surface area contributed by atoms with Crippen LogP contribution in [-0.4, -0.2) is 22.0 Å². The van der Waals surface area contributed by atoms with E-state index in [1.54, 1.807) is 19.1 Å². The zero-order valence-electron chi connectivity index (χ0n) is 10.9. The van der Waals surface area contributed by atoms with E-state index in [1.807, 2.05) is 0 Å². The third-order valence-corrected chi connectivity index (χ3v) is 3.28. The number of hydrogen-bond donors (Lipinski definition) is 2. The molecule has 2 aromatic rings. The topological polar surface area (TPSA) is 79.3 Å². The van der Waals surface area contributed by atoms with Crippen molar-refractivity contribution in [1.29, 1.82) is 0 Å². The molecule has 1 aromatic carbocycles. The van der Waals surface area contributed by atoms with Crippen LogP contribution in [0.3, 0.4) is 0 Å². The molecule has 7 heteroatoms. The molecule has 0 unspecified atom stereocenters. The van der Waals surface area contributed by atoms with Gasteiger partial charge in [0.05, 0.1) is 21.3 Å². The van der Waals surface area contributed by atoms with Crippen molar-refractivity contribution in [3.05, 3.63) is 57.3 Å². The number of carboxylic acids is 1. The number of aromatic carboxylic acids is 1. The lowest BCUT2D eigenvalue weighted by molar-refractivity contribution is 0.0696. The van der Waals surface area contributed by atoms with Gasteiger partial charge in [-0.25, -0.2) is 4.79 Å². The summed E-state index contributed by atoms with van der Waals surface area (Å²) in [7, 11) is 0. The second-order valence-corrected chi connectivity index (χ2v) is 5.07. The lowest BCUT2D eigenvalue weighted by Crippen LogP contribution is -2.13. The molecule has 0 aliphatic rings. The Labute approximate surface area is 130 Å². The number of carbonyl (C=O) groups excluding carboxylic acids is 1. The van der Waals surface area contributed by atoms with Gasteiger partial charge < -0.3 is 10.4 Å². The SMILES string of the molecule is Cc1cc(C(=O)Nc2c(Cl)cc(C(=O)O)cc2Cl)ccn1. The van der Waals surface area contributed by atoms with E-state index in [-0.39, 0.29) is 21.3 Å². The van der Waals surface area contributed by atoms with Crippen LogP contribution in [0.2, 0.25) is 10.0 Å². The Balaban J connectivity index is 2.32.